The van der Waals surface area contributed by atoms with Crippen molar-refractivity contribution in [2.24, 2.45) is 0 Å². The van der Waals surface area contributed by atoms with E-state index in [1.54, 1.807) is 25.5 Å². The molecule has 2 amide bonds. The average Bonchev–Trinajstić information content (AvgIpc) is 3.32. The Morgan fingerprint density at radius 1 is 1.16 bits per heavy atom. The molecule has 5 heterocycles. The lowest BCUT2D eigenvalue weighted by molar-refractivity contribution is 0.141. The van der Waals surface area contributed by atoms with Crippen LogP contribution in [0.2, 0.25) is 0 Å². The Bertz CT molecular complexity index is 1090. The summed E-state index contributed by atoms with van der Waals surface area (Å²) >= 11 is 0. The van der Waals surface area contributed by atoms with Crippen LogP contribution in [0.3, 0.4) is 0 Å². The molecule has 3 aromatic heterocycles. The Hall–Kier alpha value is -3.07. The lowest BCUT2D eigenvalue weighted by atomic mass is 9.97. The van der Waals surface area contributed by atoms with Crippen LogP contribution in [0.15, 0.2) is 35.1 Å². The third-order valence-corrected chi connectivity index (χ3v) is 6.20. The zero-order valence-corrected chi connectivity index (χ0v) is 17.3. The normalized spacial score (nSPS) is 22.8. The van der Waals surface area contributed by atoms with Crippen LogP contribution in [0, 0.1) is 6.92 Å². The first-order valence-electron chi connectivity index (χ1n) is 10.7. The maximum atomic E-state index is 13.0. The van der Waals surface area contributed by atoms with Gasteiger partial charge in [0.25, 0.3) is 0 Å². The number of nitrogens with one attached hydrogen (secondary N) is 2. The van der Waals surface area contributed by atoms with Gasteiger partial charge in [0, 0.05) is 48.7 Å². The first-order chi connectivity index (χ1) is 15.1. The zero-order valence-electron chi connectivity index (χ0n) is 17.3. The number of rotatable bonds is 5. The molecule has 162 valence electrons. The second-order valence-corrected chi connectivity index (χ2v) is 8.26. The number of aryl methyl sites for hydroxylation is 1. The number of alkyl halides is 1. The number of anilines is 1. The second-order valence-electron chi connectivity index (χ2n) is 8.26. The van der Waals surface area contributed by atoms with Crippen molar-refractivity contribution in [3.63, 3.8) is 0 Å². The summed E-state index contributed by atoms with van der Waals surface area (Å²) in [6.07, 6.45) is 8.74. The Morgan fingerprint density at radius 3 is 2.68 bits per heavy atom. The van der Waals surface area contributed by atoms with Crippen LogP contribution in [0.5, 0.6) is 0 Å². The number of aromatic nitrogens is 3. The van der Waals surface area contributed by atoms with Gasteiger partial charge in [-0.05, 0) is 37.8 Å². The third kappa shape index (κ3) is 3.97. The number of fused-ring (bicyclic) bond motifs is 3. The number of oxazole rings is 1. The molecule has 2 bridgehead atoms. The van der Waals surface area contributed by atoms with Gasteiger partial charge < -0.3 is 14.6 Å². The van der Waals surface area contributed by atoms with Gasteiger partial charge in [0.2, 0.25) is 0 Å². The molecule has 8 nitrogen and oxygen atoms in total. The van der Waals surface area contributed by atoms with Crippen molar-refractivity contribution < 1.29 is 13.6 Å². The Labute approximate surface area is 179 Å². The van der Waals surface area contributed by atoms with E-state index in [0.29, 0.717) is 24.0 Å². The van der Waals surface area contributed by atoms with Crippen molar-refractivity contribution in [3.05, 3.63) is 36.6 Å². The van der Waals surface area contributed by atoms with Gasteiger partial charge in [0.15, 0.2) is 11.7 Å². The van der Waals surface area contributed by atoms with Crippen molar-refractivity contribution in [3.8, 4) is 11.3 Å². The SMILES string of the molecule is Cc1ncc(-c2cnc3cnc(NC(=O)N4[C@@H]5CC[C@H]4C[C@H](NCCF)C5)cc3c2)o1. The van der Waals surface area contributed by atoms with Gasteiger partial charge in [-0.3, -0.25) is 10.3 Å². The van der Waals surface area contributed by atoms with Gasteiger partial charge in [-0.2, -0.15) is 0 Å². The van der Waals surface area contributed by atoms with Crippen LogP contribution in [0.4, 0.5) is 15.0 Å². The molecule has 0 aromatic carbocycles. The van der Waals surface area contributed by atoms with Crippen LogP contribution < -0.4 is 10.6 Å². The fourth-order valence-electron chi connectivity index (χ4n) is 4.84. The number of carbonyl (C=O) groups excluding carboxylic acids is 1. The minimum absolute atomic E-state index is 0.127. The fourth-order valence-corrected chi connectivity index (χ4v) is 4.84. The highest BCUT2D eigenvalue weighted by atomic mass is 19.1. The Morgan fingerprint density at radius 2 is 1.97 bits per heavy atom. The molecule has 3 atom stereocenters. The summed E-state index contributed by atoms with van der Waals surface area (Å²) in [5.74, 6) is 1.73. The number of piperidine rings is 1. The van der Waals surface area contributed by atoms with Crippen molar-refractivity contribution in [2.45, 2.75) is 50.7 Å². The van der Waals surface area contributed by atoms with Crippen LogP contribution >= 0.6 is 0 Å². The van der Waals surface area contributed by atoms with Gasteiger partial charge in [-0.25, -0.2) is 19.2 Å². The van der Waals surface area contributed by atoms with E-state index < -0.39 is 0 Å². The number of carbonyl (C=O) groups is 1. The quantitative estimate of drug-likeness (QED) is 0.649. The first kappa shape index (κ1) is 19.9. The van der Waals surface area contributed by atoms with E-state index in [9.17, 15) is 9.18 Å². The van der Waals surface area contributed by atoms with Crippen molar-refractivity contribution >= 4 is 22.8 Å². The fraction of sp³-hybridized carbons (Fsp3) is 0.455. The highest BCUT2D eigenvalue weighted by molar-refractivity contribution is 5.92. The summed E-state index contributed by atoms with van der Waals surface area (Å²) in [6, 6.07) is 4.28. The summed E-state index contributed by atoms with van der Waals surface area (Å²) < 4.78 is 18.1. The number of hydrogen-bond donors (Lipinski definition) is 2. The maximum Gasteiger partial charge on any atom is 0.323 e. The predicted molar refractivity (Wildman–Crippen MR) is 114 cm³/mol. The molecular formula is C22H25FN6O2. The molecule has 0 aliphatic carbocycles. The topological polar surface area (TPSA) is 96.2 Å². The van der Waals surface area contributed by atoms with Gasteiger partial charge in [-0.15, -0.1) is 0 Å². The number of amides is 2. The van der Waals surface area contributed by atoms with Crippen molar-refractivity contribution in [2.75, 3.05) is 18.5 Å². The van der Waals surface area contributed by atoms with Crippen LogP contribution in [0.1, 0.15) is 31.6 Å². The lowest BCUT2D eigenvalue weighted by Crippen LogP contribution is -2.53. The minimum Gasteiger partial charge on any atom is -0.441 e. The number of nitrogens with zero attached hydrogens (tertiary/aromatic N) is 4. The molecule has 2 aliphatic rings. The Balaban J connectivity index is 1.31. The number of halogens is 1. The second kappa shape index (κ2) is 8.22. The summed E-state index contributed by atoms with van der Waals surface area (Å²) in [4.78, 5) is 27.9. The summed E-state index contributed by atoms with van der Waals surface area (Å²) in [6.45, 7) is 1.81. The standard InChI is InChI=1S/C22H25FN6O2/c1-13-25-12-20(31-13)15-6-14-7-21(27-11-19(14)26-10-15)28-22(30)29-17-2-3-18(29)9-16(8-17)24-5-4-23/h6-7,10-12,16-18,24H,2-5,8-9H2,1H3,(H,27,28,30)/t16-,17-,18+. The zero-order chi connectivity index (χ0) is 21.4. The van der Waals surface area contributed by atoms with E-state index in [4.69, 9.17) is 4.42 Å². The molecular weight excluding hydrogens is 399 g/mol. The molecule has 9 heteroatoms. The molecule has 2 saturated heterocycles. The molecule has 2 fully saturated rings. The molecule has 0 spiro atoms. The highest BCUT2D eigenvalue weighted by Gasteiger charge is 2.43. The first-order valence-corrected chi connectivity index (χ1v) is 10.7. The van der Waals surface area contributed by atoms with Gasteiger partial charge >= 0.3 is 6.03 Å². The van der Waals surface area contributed by atoms with E-state index in [1.807, 2.05) is 17.0 Å². The number of hydrogen-bond acceptors (Lipinski definition) is 6. The van der Waals surface area contributed by atoms with E-state index in [2.05, 4.69) is 25.6 Å². The van der Waals surface area contributed by atoms with E-state index in [1.165, 1.54) is 0 Å². The molecule has 0 radical (unpaired) electrons. The van der Waals surface area contributed by atoms with E-state index in [-0.39, 0.29) is 30.8 Å². The summed E-state index contributed by atoms with van der Waals surface area (Å²) in [5, 5.41) is 7.07. The lowest BCUT2D eigenvalue weighted by Gasteiger charge is -2.39. The molecule has 0 saturated carbocycles. The molecule has 31 heavy (non-hydrogen) atoms. The summed E-state index contributed by atoms with van der Waals surface area (Å²) in [7, 11) is 0. The molecule has 2 N–H and O–H groups in total. The van der Waals surface area contributed by atoms with Crippen LogP contribution in [-0.2, 0) is 0 Å². The smallest absolute Gasteiger partial charge is 0.323 e. The van der Waals surface area contributed by atoms with Crippen LogP contribution in [-0.4, -0.2) is 57.2 Å². The maximum absolute atomic E-state index is 13.0. The van der Waals surface area contributed by atoms with Gasteiger partial charge in [0.1, 0.15) is 12.5 Å². The Kier molecular flexibility index (Phi) is 5.27. The van der Waals surface area contributed by atoms with E-state index in [0.717, 1.165) is 42.1 Å². The monoisotopic (exact) mass is 424 g/mol. The third-order valence-electron chi connectivity index (χ3n) is 6.20. The number of urea groups is 1. The molecule has 3 aromatic rings. The summed E-state index contributed by atoms with van der Waals surface area (Å²) in [5.41, 5.74) is 1.55. The van der Waals surface area contributed by atoms with Crippen LogP contribution in [0.25, 0.3) is 22.2 Å². The van der Waals surface area contributed by atoms with E-state index >= 15 is 0 Å². The largest absolute Gasteiger partial charge is 0.441 e. The minimum atomic E-state index is -0.365. The molecule has 2 aliphatic heterocycles. The average molecular weight is 424 g/mol. The van der Waals surface area contributed by atoms with Gasteiger partial charge in [-0.1, -0.05) is 0 Å². The van der Waals surface area contributed by atoms with Crippen molar-refractivity contribution in [1.29, 1.82) is 0 Å². The predicted octanol–water partition coefficient (Wildman–Crippen LogP) is 3.68. The molecule has 5 rings (SSSR count). The highest BCUT2D eigenvalue weighted by Crippen LogP contribution is 2.36. The molecule has 0 unspecified atom stereocenters. The van der Waals surface area contributed by atoms with Gasteiger partial charge in [0.05, 0.1) is 17.9 Å². The number of pyridine rings is 2. The van der Waals surface area contributed by atoms with Crippen molar-refractivity contribution in [1.82, 2.24) is 25.2 Å².